The van der Waals surface area contributed by atoms with Crippen molar-refractivity contribution in [1.82, 2.24) is 0 Å². The van der Waals surface area contributed by atoms with Crippen molar-refractivity contribution in [2.24, 2.45) is 11.3 Å². The Labute approximate surface area is 98.9 Å². The third kappa shape index (κ3) is 2.40. The zero-order valence-corrected chi connectivity index (χ0v) is 11.0. The van der Waals surface area contributed by atoms with Gasteiger partial charge in [0.2, 0.25) is 0 Å². The molecule has 1 aromatic heterocycles. The smallest absolute Gasteiger partial charge is 0.00880 e. The summed E-state index contributed by atoms with van der Waals surface area (Å²) >= 11 is 5.49. The van der Waals surface area contributed by atoms with E-state index in [1.807, 2.05) is 11.3 Å². The standard InChI is InChI=1S/C12H17BrS/c1-12(9-13,11-2-3-11)6-4-10-5-7-14-8-10/h5,7-8,11H,2-4,6,9H2,1H3. The van der Waals surface area contributed by atoms with Crippen LogP contribution in [-0.2, 0) is 6.42 Å². The second-order valence-corrected chi connectivity index (χ2v) is 6.03. The van der Waals surface area contributed by atoms with Gasteiger partial charge in [-0.15, -0.1) is 0 Å². The Morgan fingerprint density at radius 1 is 1.57 bits per heavy atom. The van der Waals surface area contributed by atoms with Crippen LogP contribution >= 0.6 is 27.3 Å². The number of thiophene rings is 1. The summed E-state index contributed by atoms with van der Waals surface area (Å²) in [6.07, 6.45) is 5.49. The molecule has 0 N–H and O–H groups in total. The van der Waals surface area contributed by atoms with E-state index < -0.39 is 0 Å². The molecule has 1 fully saturated rings. The van der Waals surface area contributed by atoms with Gasteiger partial charge in [-0.05, 0) is 59.4 Å². The van der Waals surface area contributed by atoms with Crippen molar-refractivity contribution in [3.05, 3.63) is 22.4 Å². The lowest BCUT2D eigenvalue weighted by Gasteiger charge is -2.27. The summed E-state index contributed by atoms with van der Waals surface area (Å²) in [6, 6.07) is 2.26. The average Bonchev–Trinajstić information content (AvgIpc) is 2.94. The summed E-state index contributed by atoms with van der Waals surface area (Å²) < 4.78 is 0. The monoisotopic (exact) mass is 272 g/mol. The van der Waals surface area contributed by atoms with E-state index in [4.69, 9.17) is 0 Å². The first-order valence-electron chi connectivity index (χ1n) is 5.32. The van der Waals surface area contributed by atoms with Crippen LogP contribution in [0.2, 0.25) is 0 Å². The lowest BCUT2D eigenvalue weighted by Crippen LogP contribution is -2.21. The van der Waals surface area contributed by atoms with Crippen LogP contribution in [0.25, 0.3) is 0 Å². The fraction of sp³-hybridized carbons (Fsp3) is 0.667. The molecule has 1 unspecified atom stereocenters. The van der Waals surface area contributed by atoms with Crippen LogP contribution in [0.15, 0.2) is 16.8 Å². The summed E-state index contributed by atoms with van der Waals surface area (Å²) in [7, 11) is 0. The Balaban J connectivity index is 1.89. The quantitative estimate of drug-likeness (QED) is 0.693. The summed E-state index contributed by atoms with van der Waals surface area (Å²) in [5.41, 5.74) is 2.06. The second-order valence-electron chi connectivity index (χ2n) is 4.69. The minimum atomic E-state index is 0.544. The van der Waals surface area contributed by atoms with Gasteiger partial charge in [-0.3, -0.25) is 0 Å². The largest absolute Gasteiger partial charge is 0.152 e. The van der Waals surface area contributed by atoms with E-state index in [9.17, 15) is 0 Å². The molecule has 0 amide bonds. The topological polar surface area (TPSA) is 0 Å². The Morgan fingerprint density at radius 3 is 2.86 bits per heavy atom. The molecule has 1 atom stereocenters. The summed E-state index contributed by atoms with van der Waals surface area (Å²) in [5, 5.41) is 5.62. The van der Waals surface area contributed by atoms with Crippen molar-refractivity contribution in [2.75, 3.05) is 5.33 Å². The lowest BCUT2D eigenvalue weighted by atomic mass is 9.82. The molecule has 0 aromatic carbocycles. The van der Waals surface area contributed by atoms with Gasteiger partial charge in [-0.25, -0.2) is 0 Å². The predicted molar refractivity (Wildman–Crippen MR) is 67.3 cm³/mol. The second kappa shape index (κ2) is 4.36. The highest BCUT2D eigenvalue weighted by molar-refractivity contribution is 9.09. The molecule has 1 aliphatic rings. The van der Waals surface area contributed by atoms with E-state index in [1.165, 1.54) is 31.2 Å². The highest BCUT2D eigenvalue weighted by Gasteiger charge is 2.39. The van der Waals surface area contributed by atoms with E-state index in [0.717, 1.165) is 11.2 Å². The maximum atomic E-state index is 3.68. The maximum Gasteiger partial charge on any atom is 0.00880 e. The third-order valence-corrected chi connectivity index (χ3v) is 5.45. The number of hydrogen-bond acceptors (Lipinski definition) is 1. The minimum Gasteiger partial charge on any atom is -0.152 e. The lowest BCUT2D eigenvalue weighted by molar-refractivity contribution is 0.295. The summed E-state index contributed by atoms with van der Waals surface area (Å²) in [4.78, 5) is 0. The SMILES string of the molecule is CC(CBr)(CCc1ccsc1)C1CC1. The van der Waals surface area contributed by atoms with Crippen molar-refractivity contribution in [1.29, 1.82) is 0 Å². The van der Waals surface area contributed by atoms with Gasteiger partial charge in [0, 0.05) is 5.33 Å². The van der Waals surface area contributed by atoms with Crippen molar-refractivity contribution >= 4 is 27.3 Å². The molecule has 78 valence electrons. The number of rotatable bonds is 5. The predicted octanol–water partition coefficient (Wildman–Crippen LogP) is 4.49. The molecule has 1 aliphatic carbocycles. The first-order chi connectivity index (χ1) is 6.74. The van der Waals surface area contributed by atoms with E-state index in [0.29, 0.717) is 5.41 Å². The number of alkyl halides is 1. The Hall–Kier alpha value is 0.180. The fourth-order valence-corrected chi connectivity index (χ4v) is 3.47. The highest BCUT2D eigenvalue weighted by Crippen LogP contribution is 2.49. The van der Waals surface area contributed by atoms with Gasteiger partial charge in [0.05, 0.1) is 0 Å². The van der Waals surface area contributed by atoms with Gasteiger partial charge in [0.1, 0.15) is 0 Å². The Kier molecular flexibility index (Phi) is 3.33. The Morgan fingerprint density at radius 2 is 2.36 bits per heavy atom. The zero-order chi connectivity index (χ0) is 10.0. The van der Waals surface area contributed by atoms with Gasteiger partial charge in [-0.2, -0.15) is 11.3 Å². The molecular formula is C12H17BrS. The molecule has 0 radical (unpaired) electrons. The van der Waals surface area contributed by atoms with Gasteiger partial charge in [0.15, 0.2) is 0 Å². The highest BCUT2D eigenvalue weighted by atomic mass is 79.9. The van der Waals surface area contributed by atoms with Gasteiger partial charge < -0.3 is 0 Å². The molecule has 14 heavy (non-hydrogen) atoms. The molecule has 0 aliphatic heterocycles. The minimum absolute atomic E-state index is 0.544. The van der Waals surface area contributed by atoms with E-state index in [-0.39, 0.29) is 0 Å². The average molecular weight is 273 g/mol. The molecule has 0 saturated heterocycles. The summed E-state index contributed by atoms with van der Waals surface area (Å²) in [5.74, 6) is 0.987. The Bertz CT molecular complexity index is 277. The maximum absolute atomic E-state index is 3.68. The van der Waals surface area contributed by atoms with Gasteiger partial charge in [-0.1, -0.05) is 22.9 Å². The van der Waals surface area contributed by atoms with E-state index in [1.54, 1.807) is 0 Å². The summed E-state index contributed by atoms with van der Waals surface area (Å²) in [6.45, 7) is 2.44. The van der Waals surface area contributed by atoms with E-state index in [2.05, 4.69) is 39.7 Å². The molecule has 1 saturated carbocycles. The third-order valence-electron chi connectivity index (χ3n) is 3.43. The van der Waals surface area contributed by atoms with Crippen LogP contribution < -0.4 is 0 Å². The molecule has 1 heterocycles. The molecule has 2 rings (SSSR count). The van der Waals surface area contributed by atoms with Crippen molar-refractivity contribution in [2.45, 2.75) is 32.6 Å². The molecule has 2 heteroatoms. The molecule has 0 nitrogen and oxygen atoms in total. The molecule has 0 spiro atoms. The fourth-order valence-electron chi connectivity index (χ4n) is 2.03. The molecule has 0 bridgehead atoms. The first kappa shape index (κ1) is 10.7. The number of halogens is 1. The van der Waals surface area contributed by atoms with Crippen molar-refractivity contribution in [3.63, 3.8) is 0 Å². The van der Waals surface area contributed by atoms with Crippen LogP contribution in [0.5, 0.6) is 0 Å². The van der Waals surface area contributed by atoms with Crippen LogP contribution in [-0.4, -0.2) is 5.33 Å². The first-order valence-corrected chi connectivity index (χ1v) is 7.38. The molecular weight excluding hydrogens is 256 g/mol. The normalized spacial score (nSPS) is 20.7. The van der Waals surface area contributed by atoms with Gasteiger partial charge in [0.25, 0.3) is 0 Å². The van der Waals surface area contributed by atoms with E-state index >= 15 is 0 Å². The number of hydrogen-bond donors (Lipinski definition) is 0. The van der Waals surface area contributed by atoms with Crippen molar-refractivity contribution in [3.8, 4) is 0 Å². The van der Waals surface area contributed by atoms with Crippen LogP contribution in [0.3, 0.4) is 0 Å². The van der Waals surface area contributed by atoms with Crippen molar-refractivity contribution < 1.29 is 0 Å². The van der Waals surface area contributed by atoms with Gasteiger partial charge >= 0.3 is 0 Å². The van der Waals surface area contributed by atoms with Crippen LogP contribution in [0, 0.1) is 11.3 Å². The molecule has 1 aromatic rings. The zero-order valence-electron chi connectivity index (χ0n) is 8.63. The van der Waals surface area contributed by atoms with Crippen LogP contribution in [0.1, 0.15) is 31.7 Å². The van der Waals surface area contributed by atoms with Crippen LogP contribution in [0.4, 0.5) is 0 Å². The number of aryl methyl sites for hydroxylation is 1.